The molecule has 0 heteroatoms. The minimum Gasteiger partial charge on any atom is -0.0810 e. The van der Waals surface area contributed by atoms with Crippen LogP contribution in [0.5, 0.6) is 0 Å². The Hall–Kier alpha value is -0.520. The molecular formula is C11H16. The van der Waals surface area contributed by atoms with E-state index in [0.29, 0.717) is 0 Å². The Morgan fingerprint density at radius 1 is 1.36 bits per heavy atom. The summed E-state index contributed by atoms with van der Waals surface area (Å²) in [6.07, 6.45) is 11.8. The van der Waals surface area contributed by atoms with Gasteiger partial charge in [0, 0.05) is 0 Å². The van der Waals surface area contributed by atoms with Gasteiger partial charge in [-0.3, -0.25) is 0 Å². The summed E-state index contributed by atoms with van der Waals surface area (Å²) in [4.78, 5) is 0. The molecule has 0 aromatic rings. The predicted molar refractivity (Wildman–Crippen MR) is 48.4 cm³/mol. The zero-order valence-electron chi connectivity index (χ0n) is 7.27. The number of allylic oxidation sites excluding steroid dienone is 4. The summed E-state index contributed by atoms with van der Waals surface area (Å²) >= 11 is 0. The first kappa shape index (κ1) is 7.15. The fraction of sp³-hybridized carbons (Fsp3) is 0.636. The molecular weight excluding hydrogens is 132 g/mol. The van der Waals surface area contributed by atoms with Gasteiger partial charge in [-0.1, -0.05) is 17.7 Å². The van der Waals surface area contributed by atoms with Gasteiger partial charge in [-0.2, -0.15) is 0 Å². The average Bonchev–Trinajstić information content (AvgIpc) is 2.04. The van der Waals surface area contributed by atoms with Gasteiger partial charge in [0.05, 0.1) is 0 Å². The maximum Gasteiger partial charge on any atom is -0.0162 e. The minimum atomic E-state index is 0.924. The van der Waals surface area contributed by atoms with E-state index < -0.39 is 0 Å². The summed E-state index contributed by atoms with van der Waals surface area (Å²) in [5.41, 5.74) is 3.22. The highest BCUT2D eigenvalue weighted by atomic mass is 14.2. The van der Waals surface area contributed by atoms with E-state index in [-0.39, 0.29) is 0 Å². The molecule has 0 aromatic heterocycles. The van der Waals surface area contributed by atoms with Crippen molar-refractivity contribution < 1.29 is 0 Å². The summed E-state index contributed by atoms with van der Waals surface area (Å²) in [6.45, 7) is 2.26. The Kier molecular flexibility index (Phi) is 1.85. The van der Waals surface area contributed by atoms with Gasteiger partial charge in [0.25, 0.3) is 0 Å². The zero-order valence-corrected chi connectivity index (χ0v) is 7.27. The molecule has 0 nitrogen and oxygen atoms in total. The molecule has 0 aromatic carbocycles. The lowest BCUT2D eigenvalue weighted by molar-refractivity contribution is 0.474. The van der Waals surface area contributed by atoms with Crippen LogP contribution < -0.4 is 0 Å². The Morgan fingerprint density at radius 2 is 2.27 bits per heavy atom. The molecule has 0 bridgehead atoms. The van der Waals surface area contributed by atoms with Crippen molar-refractivity contribution in [3.05, 3.63) is 23.3 Å². The van der Waals surface area contributed by atoms with Crippen LogP contribution in [0.4, 0.5) is 0 Å². The topological polar surface area (TPSA) is 0 Å². The first-order chi connectivity index (χ1) is 5.36. The molecule has 2 aliphatic carbocycles. The van der Waals surface area contributed by atoms with Crippen LogP contribution in [0.15, 0.2) is 23.3 Å². The highest BCUT2D eigenvalue weighted by Crippen LogP contribution is 2.34. The van der Waals surface area contributed by atoms with Gasteiger partial charge >= 0.3 is 0 Å². The van der Waals surface area contributed by atoms with E-state index in [0.717, 1.165) is 5.92 Å². The number of hydrogen-bond acceptors (Lipinski definition) is 0. The Bertz CT molecular complexity index is 208. The van der Waals surface area contributed by atoms with Gasteiger partial charge in [0.2, 0.25) is 0 Å². The third-order valence-corrected chi connectivity index (χ3v) is 2.91. The molecule has 1 atom stereocenters. The van der Waals surface area contributed by atoms with Crippen molar-refractivity contribution in [2.24, 2.45) is 5.92 Å². The van der Waals surface area contributed by atoms with E-state index in [9.17, 15) is 0 Å². The smallest absolute Gasteiger partial charge is 0.0162 e. The van der Waals surface area contributed by atoms with Gasteiger partial charge in [0.1, 0.15) is 0 Å². The quantitative estimate of drug-likeness (QED) is 0.493. The lowest BCUT2D eigenvalue weighted by Gasteiger charge is -2.26. The fourth-order valence-electron chi connectivity index (χ4n) is 2.21. The molecule has 0 aliphatic heterocycles. The second kappa shape index (κ2) is 2.84. The van der Waals surface area contributed by atoms with Crippen LogP contribution in [0.3, 0.4) is 0 Å². The van der Waals surface area contributed by atoms with Gasteiger partial charge in [-0.25, -0.2) is 0 Å². The van der Waals surface area contributed by atoms with Gasteiger partial charge in [0.15, 0.2) is 0 Å². The van der Waals surface area contributed by atoms with Crippen LogP contribution in [0.25, 0.3) is 0 Å². The first-order valence-electron chi connectivity index (χ1n) is 4.73. The van der Waals surface area contributed by atoms with Crippen molar-refractivity contribution in [1.82, 2.24) is 0 Å². The fourth-order valence-corrected chi connectivity index (χ4v) is 2.21. The van der Waals surface area contributed by atoms with E-state index in [4.69, 9.17) is 0 Å². The summed E-state index contributed by atoms with van der Waals surface area (Å²) < 4.78 is 0. The maximum absolute atomic E-state index is 2.44. The van der Waals surface area contributed by atoms with Crippen LogP contribution in [0, 0.1) is 5.92 Å². The molecule has 1 unspecified atom stereocenters. The van der Waals surface area contributed by atoms with Crippen molar-refractivity contribution in [3.8, 4) is 0 Å². The van der Waals surface area contributed by atoms with E-state index in [1.165, 1.54) is 32.1 Å². The summed E-state index contributed by atoms with van der Waals surface area (Å²) in [6, 6.07) is 0. The molecule has 0 radical (unpaired) electrons. The zero-order chi connectivity index (χ0) is 7.68. The SMILES string of the molecule is CC1=CC2=CCCCC2CC1. The van der Waals surface area contributed by atoms with Gasteiger partial charge in [-0.15, -0.1) is 0 Å². The van der Waals surface area contributed by atoms with Crippen molar-refractivity contribution in [2.45, 2.75) is 39.0 Å². The second-order valence-corrected chi connectivity index (χ2v) is 3.86. The van der Waals surface area contributed by atoms with Gasteiger partial charge in [-0.05, 0) is 50.5 Å². The number of fused-ring (bicyclic) bond motifs is 1. The lowest BCUT2D eigenvalue weighted by Crippen LogP contribution is -2.11. The summed E-state index contributed by atoms with van der Waals surface area (Å²) in [5, 5.41) is 0. The molecule has 0 N–H and O–H groups in total. The van der Waals surface area contributed by atoms with Gasteiger partial charge < -0.3 is 0 Å². The molecule has 2 rings (SSSR count). The highest BCUT2D eigenvalue weighted by molar-refractivity contribution is 5.29. The Balaban J connectivity index is 2.23. The van der Waals surface area contributed by atoms with E-state index in [1.54, 1.807) is 11.1 Å². The molecule has 0 saturated carbocycles. The number of rotatable bonds is 0. The Morgan fingerprint density at radius 3 is 3.18 bits per heavy atom. The molecule has 0 amide bonds. The average molecular weight is 148 g/mol. The Labute approximate surface area is 69.0 Å². The van der Waals surface area contributed by atoms with Crippen LogP contribution in [0.2, 0.25) is 0 Å². The van der Waals surface area contributed by atoms with E-state index in [1.807, 2.05) is 0 Å². The summed E-state index contributed by atoms with van der Waals surface area (Å²) in [5.74, 6) is 0.924. The monoisotopic (exact) mass is 148 g/mol. The molecule has 11 heavy (non-hydrogen) atoms. The van der Waals surface area contributed by atoms with Crippen molar-refractivity contribution in [3.63, 3.8) is 0 Å². The predicted octanol–water partition coefficient (Wildman–Crippen LogP) is 3.45. The van der Waals surface area contributed by atoms with E-state index >= 15 is 0 Å². The van der Waals surface area contributed by atoms with Crippen molar-refractivity contribution >= 4 is 0 Å². The maximum atomic E-state index is 2.44. The molecule has 0 saturated heterocycles. The highest BCUT2D eigenvalue weighted by Gasteiger charge is 2.19. The molecule has 60 valence electrons. The van der Waals surface area contributed by atoms with Crippen molar-refractivity contribution in [2.75, 3.05) is 0 Å². The van der Waals surface area contributed by atoms with Crippen LogP contribution in [-0.4, -0.2) is 0 Å². The largest absolute Gasteiger partial charge is 0.0810 e. The second-order valence-electron chi connectivity index (χ2n) is 3.86. The third-order valence-electron chi connectivity index (χ3n) is 2.91. The molecule has 0 spiro atoms. The molecule has 2 aliphatic rings. The minimum absolute atomic E-state index is 0.924. The van der Waals surface area contributed by atoms with Crippen molar-refractivity contribution in [1.29, 1.82) is 0 Å². The van der Waals surface area contributed by atoms with Crippen LogP contribution in [0.1, 0.15) is 39.0 Å². The number of hydrogen-bond donors (Lipinski definition) is 0. The van der Waals surface area contributed by atoms with E-state index in [2.05, 4.69) is 19.1 Å². The standard InChI is InChI=1S/C11H16/c1-9-6-7-10-4-2-3-5-11(10)8-9/h5,8,10H,2-4,6-7H2,1H3. The summed E-state index contributed by atoms with van der Waals surface area (Å²) in [7, 11) is 0. The van der Waals surface area contributed by atoms with Crippen LogP contribution in [-0.2, 0) is 0 Å². The lowest BCUT2D eigenvalue weighted by atomic mass is 9.79. The third kappa shape index (κ3) is 1.40. The normalized spacial score (nSPS) is 30.5. The molecule has 0 fully saturated rings. The van der Waals surface area contributed by atoms with Crippen LogP contribution >= 0.6 is 0 Å². The first-order valence-corrected chi connectivity index (χ1v) is 4.73. The molecule has 0 heterocycles.